The van der Waals surface area contributed by atoms with Crippen LogP contribution < -0.4 is 10.6 Å². The maximum absolute atomic E-state index is 13.0. The fraction of sp³-hybridized carbons (Fsp3) is 0.440. The Kier molecular flexibility index (Phi) is 14.5. The summed E-state index contributed by atoms with van der Waals surface area (Å²) < 4.78 is 5.13. The van der Waals surface area contributed by atoms with Crippen molar-refractivity contribution in [3.8, 4) is 5.75 Å². The smallest absolute Gasteiger partial charge is 0.328 e. The summed E-state index contributed by atoms with van der Waals surface area (Å²) in [7, 11) is 0. The first-order valence-electron chi connectivity index (χ1n) is 11.5. The molecular weight excluding hydrogens is 548 g/mol. The van der Waals surface area contributed by atoms with Gasteiger partial charge in [-0.2, -0.15) is 0 Å². The molecule has 0 radical (unpaired) electrons. The van der Waals surface area contributed by atoms with Crippen LogP contribution in [0, 0.1) is 0 Å². The van der Waals surface area contributed by atoms with Crippen LogP contribution in [-0.4, -0.2) is 67.3 Å². The minimum absolute atomic E-state index is 0. The number of ether oxygens (including phenoxy) is 1. The van der Waals surface area contributed by atoms with Crippen LogP contribution in [-0.2, 0) is 22.4 Å². The van der Waals surface area contributed by atoms with Gasteiger partial charge in [0.05, 0.1) is 17.2 Å². The van der Waals surface area contributed by atoms with E-state index in [9.17, 15) is 14.7 Å². The Labute approximate surface area is 234 Å². The predicted octanol–water partition coefficient (Wildman–Crippen LogP) is 4.28. The Morgan fingerprint density at radius 3 is 2.47 bits per heavy atom. The SMILES string of the molecule is CCOC(=O)[C@@H](Cc1ccccc1)NC(=O)c1cc(Cl)c(CCCN2CCNCC2)c(Cl)c1O.Cl.Cl. The number of hydrogen-bond donors (Lipinski definition) is 3. The van der Waals surface area contributed by atoms with E-state index in [0.29, 0.717) is 17.0 Å². The number of amides is 1. The summed E-state index contributed by atoms with van der Waals surface area (Å²) in [5, 5.41) is 17.0. The number of hydrogen-bond acceptors (Lipinski definition) is 6. The number of benzene rings is 2. The van der Waals surface area contributed by atoms with Gasteiger partial charge >= 0.3 is 5.97 Å². The summed E-state index contributed by atoms with van der Waals surface area (Å²) in [6, 6.07) is 9.78. The highest BCUT2D eigenvalue weighted by Gasteiger charge is 2.26. The summed E-state index contributed by atoms with van der Waals surface area (Å²) in [4.78, 5) is 27.8. The molecule has 1 aliphatic rings. The second kappa shape index (κ2) is 16.2. The molecule has 3 N–H and O–H groups in total. The number of phenols is 1. The van der Waals surface area contributed by atoms with Crippen LogP contribution >= 0.6 is 48.0 Å². The molecule has 1 fully saturated rings. The van der Waals surface area contributed by atoms with Gasteiger partial charge in [0.15, 0.2) is 0 Å². The van der Waals surface area contributed by atoms with Crippen LogP contribution in [0.5, 0.6) is 5.75 Å². The molecule has 11 heteroatoms. The van der Waals surface area contributed by atoms with Crippen molar-refractivity contribution in [2.45, 2.75) is 32.2 Å². The minimum atomic E-state index is -0.925. The number of carbonyl (C=O) groups is 2. The van der Waals surface area contributed by atoms with E-state index in [4.69, 9.17) is 27.9 Å². The second-order valence-electron chi connectivity index (χ2n) is 8.21. The molecule has 7 nitrogen and oxygen atoms in total. The number of nitrogens with one attached hydrogen (secondary N) is 2. The number of rotatable bonds is 10. The molecule has 2 aromatic carbocycles. The van der Waals surface area contributed by atoms with E-state index in [1.165, 1.54) is 6.07 Å². The summed E-state index contributed by atoms with van der Waals surface area (Å²) in [5.41, 5.74) is 1.39. The molecule has 36 heavy (non-hydrogen) atoms. The molecule has 1 amide bonds. The van der Waals surface area contributed by atoms with Crippen molar-refractivity contribution < 1.29 is 19.4 Å². The Balaban J connectivity index is 0.00000324. The number of halogens is 4. The number of carbonyl (C=O) groups excluding carboxylic acids is 2. The van der Waals surface area contributed by atoms with Gasteiger partial charge in [-0.3, -0.25) is 4.79 Å². The molecule has 0 bridgehead atoms. The summed E-state index contributed by atoms with van der Waals surface area (Å²) >= 11 is 12.9. The lowest BCUT2D eigenvalue weighted by atomic mass is 10.0. The molecule has 3 rings (SSSR count). The fourth-order valence-corrected chi connectivity index (χ4v) is 4.63. The molecule has 1 atom stereocenters. The van der Waals surface area contributed by atoms with Gasteiger partial charge in [0.1, 0.15) is 11.8 Å². The molecule has 0 saturated carbocycles. The lowest BCUT2D eigenvalue weighted by Crippen LogP contribution is -2.43. The maximum Gasteiger partial charge on any atom is 0.328 e. The van der Waals surface area contributed by atoms with Crippen molar-refractivity contribution in [2.24, 2.45) is 0 Å². The average molecular weight is 581 g/mol. The molecule has 1 saturated heterocycles. The molecule has 1 aliphatic heterocycles. The van der Waals surface area contributed by atoms with Crippen LogP contribution in [0.2, 0.25) is 10.0 Å². The normalized spacial score (nSPS) is 14.2. The standard InChI is InChI=1S/C25H31Cl2N3O4.2ClH/c1-2-34-25(33)21(15-17-7-4-3-5-8-17)29-24(32)19-16-20(26)18(22(27)23(19)31)9-6-12-30-13-10-28-11-14-30;;/h3-5,7-8,16,21,28,31H,2,6,9-15H2,1H3,(H,29,32);2*1H/t21-;;/m1../s1. The van der Waals surface area contributed by atoms with E-state index in [-0.39, 0.29) is 54.2 Å². The average Bonchev–Trinajstić information content (AvgIpc) is 2.84. The molecule has 1 heterocycles. The number of piperazine rings is 1. The third kappa shape index (κ3) is 8.98. The van der Waals surface area contributed by atoms with Crippen LogP contribution in [0.4, 0.5) is 0 Å². The van der Waals surface area contributed by atoms with Crippen molar-refractivity contribution in [3.05, 3.63) is 63.1 Å². The van der Waals surface area contributed by atoms with Gasteiger partial charge in [0, 0.05) is 37.6 Å². The Morgan fingerprint density at radius 2 is 1.83 bits per heavy atom. The number of aromatic hydroxyl groups is 1. The van der Waals surface area contributed by atoms with Gasteiger partial charge in [-0.15, -0.1) is 24.8 Å². The van der Waals surface area contributed by atoms with Gasteiger partial charge in [-0.1, -0.05) is 53.5 Å². The van der Waals surface area contributed by atoms with E-state index in [2.05, 4.69) is 15.5 Å². The van der Waals surface area contributed by atoms with Crippen molar-refractivity contribution >= 4 is 59.9 Å². The number of esters is 1. The topological polar surface area (TPSA) is 90.9 Å². The summed E-state index contributed by atoms with van der Waals surface area (Å²) in [6.07, 6.45) is 1.65. The first-order chi connectivity index (χ1) is 16.4. The molecule has 0 aromatic heterocycles. The third-order valence-electron chi connectivity index (χ3n) is 5.80. The first kappa shape index (κ1) is 32.3. The molecule has 0 aliphatic carbocycles. The van der Waals surface area contributed by atoms with Crippen LogP contribution in [0.25, 0.3) is 0 Å². The Bertz CT molecular complexity index is 989. The number of nitrogens with zero attached hydrogens (tertiary/aromatic N) is 1. The van der Waals surface area contributed by atoms with Crippen molar-refractivity contribution in [1.82, 2.24) is 15.5 Å². The van der Waals surface area contributed by atoms with Crippen molar-refractivity contribution in [3.63, 3.8) is 0 Å². The van der Waals surface area contributed by atoms with Crippen LogP contribution in [0.3, 0.4) is 0 Å². The highest BCUT2D eigenvalue weighted by atomic mass is 35.5. The van der Waals surface area contributed by atoms with Crippen molar-refractivity contribution in [2.75, 3.05) is 39.3 Å². The van der Waals surface area contributed by atoms with Gasteiger partial charge in [0.25, 0.3) is 5.91 Å². The van der Waals surface area contributed by atoms with Gasteiger partial charge < -0.3 is 25.4 Å². The lowest BCUT2D eigenvalue weighted by molar-refractivity contribution is -0.145. The van der Waals surface area contributed by atoms with Gasteiger partial charge in [0.2, 0.25) is 0 Å². The van der Waals surface area contributed by atoms with E-state index >= 15 is 0 Å². The zero-order chi connectivity index (χ0) is 24.5. The summed E-state index contributed by atoms with van der Waals surface area (Å²) in [6.45, 7) is 6.73. The first-order valence-corrected chi connectivity index (χ1v) is 12.3. The Hall–Kier alpha value is -1.74. The van der Waals surface area contributed by atoms with E-state index in [1.54, 1.807) is 6.92 Å². The molecular formula is C25H33Cl4N3O4. The number of phenolic OH excluding ortho intramolecular Hbond substituents is 1. The largest absolute Gasteiger partial charge is 0.506 e. The monoisotopic (exact) mass is 579 g/mol. The highest BCUT2D eigenvalue weighted by molar-refractivity contribution is 6.37. The molecule has 2 aromatic rings. The predicted molar refractivity (Wildman–Crippen MR) is 148 cm³/mol. The minimum Gasteiger partial charge on any atom is -0.506 e. The van der Waals surface area contributed by atoms with Crippen molar-refractivity contribution in [1.29, 1.82) is 0 Å². The zero-order valence-corrected chi connectivity index (χ0v) is 23.2. The zero-order valence-electron chi connectivity index (χ0n) is 20.1. The van der Waals surface area contributed by atoms with Gasteiger partial charge in [-0.05, 0) is 43.5 Å². The van der Waals surface area contributed by atoms with Gasteiger partial charge in [-0.25, -0.2) is 4.79 Å². The Morgan fingerprint density at radius 1 is 1.17 bits per heavy atom. The molecule has 200 valence electrons. The van der Waals surface area contributed by atoms with E-state index in [1.807, 2.05) is 30.3 Å². The van der Waals surface area contributed by atoms with Crippen LogP contribution in [0.15, 0.2) is 36.4 Å². The van der Waals surface area contributed by atoms with E-state index < -0.39 is 17.9 Å². The molecule has 0 unspecified atom stereocenters. The van der Waals surface area contributed by atoms with Crippen LogP contribution in [0.1, 0.15) is 34.8 Å². The maximum atomic E-state index is 13.0. The second-order valence-corrected chi connectivity index (χ2v) is 9.00. The lowest BCUT2D eigenvalue weighted by Gasteiger charge is -2.27. The van der Waals surface area contributed by atoms with E-state index in [0.717, 1.165) is 44.7 Å². The fourth-order valence-electron chi connectivity index (χ4n) is 3.99. The summed E-state index contributed by atoms with van der Waals surface area (Å²) in [5.74, 6) is -1.55. The quantitative estimate of drug-likeness (QED) is 0.363. The highest BCUT2D eigenvalue weighted by Crippen LogP contribution is 2.37. The molecule has 0 spiro atoms. The third-order valence-corrected chi connectivity index (χ3v) is 6.55.